The minimum Gasteiger partial charge on any atom is -0.351 e. The Morgan fingerprint density at radius 3 is 2.71 bits per heavy atom. The van der Waals surface area contributed by atoms with Crippen molar-refractivity contribution in [1.82, 2.24) is 9.88 Å². The molecule has 0 unspecified atom stereocenters. The van der Waals surface area contributed by atoms with Crippen LogP contribution in [0.2, 0.25) is 0 Å². The highest BCUT2D eigenvalue weighted by molar-refractivity contribution is 5.96. The lowest BCUT2D eigenvalue weighted by Crippen LogP contribution is -2.34. The van der Waals surface area contributed by atoms with E-state index >= 15 is 0 Å². The summed E-state index contributed by atoms with van der Waals surface area (Å²) >= 11 is 0. The van der Waals surface area contributed by atoms with Crippen LogP contribution in [0.5, 0.6) is 0 Å². The fourth-order valence-electron chi connectivity index (χ4n) is 3.62. The van der Waals surface area contributed by atoms with Crippen LogP contribution in [0, 0.1) is 5.92 Å². The molecule has 1 aromatic heterocycles. The summed E-state index contributed by atoms with van der Waals surface area (Å²) in [5, 5.41) is 4.45. The molecular weight excluding hydrogens is 300 g/mol. The summed E-state index contributed by atoms with van der Waals surface area (Å²) in [6, 6.07) is 9.40. The van der Waals surface area contributed by atoms with Crippen LogP contribution in [-0.2, 0) is 6.54 Å². The SMILES string of the molecule is CCCNC(=O)c1cc2ccccc2c(=O)n1CC1CCCCC1. The van der Waals surface area contributed by atoms with Crippen molar-refractivity contribution in [3.63, 3.8) is 0 Å². The van der Waals surface area contributed by atoms with E-state index in [9.17, 15) is 9.59 Å². The van der Waals surface area contributed by atoms with Gasteiger partial charge in [0, 0.05) is 18.5 Å². The number of fused-ring (bicyclic) bond motifs is 1. The smallest absolute Gasteiger partial charge is 0.268 e. The zero-order chi connectivity index (χ0) is 16.9. The predicted molar refractivity (Wildman–Crippen MR) is 97.4 cm³/mol. The molecule has 0 atom stereocenters. The maximum absolute atomic E-state index is 13.0. The van der Waals surface area contributed by atoms with Gasteiger partial charge < -0.3 is 9.88 Å². The van der Waals surface area contributed by atoms with E-state index in [1.54, 1.807) is 4.57 Å². The first-order valence-electron chi connectivity index (χ1n) is 9.11. The summed E-state index contributed by atoms with van der Waals surface area (Å²) < 4.78 is 1.71. The molecule has 1 N–H and O–H groups in total. The highest BCUT2D eigenvalue weighted by Gasteiger charge is 2.20. The molecule has 1 amide bonds. The third-order valence-electron chi connectivity index (χ3n) is 4.95. The maximum Gasteiger partial charge on any atom is 0.268 e. The number of nitrogens with one attached hydrogen (secondary N) is 1. The molecule has 0 radical (unpaired) electrons. The van der Waals surface area contributed by atoms with Gasteiger partial charge in [0.1, 0.15) is 5.69 Å². The molecule has 1 aliphatic carbocycles. The van der Waals surface area contributed by atoms with Gasteiger partial charge in [0.15, 0.2) is 0 Å². The molecular formula is C20H26N2O2. The molecule has 1 aliphatic rings. The van der Waals surface area contributed by atoms with Crippen LogP contribution in [0.25, 0.3) is 10.8 Å². The van der Waals surface area contributed by atoms with E-state index in [2.05, 4.69) is 5.32 Å². The van der Waals surface area contributed by atoms with Crippen molar-refractivity contribution in [3.05, 3.63) is 46.4 Å². The molecule has 1 saturated carbocycles. The molecule has 24 heavy (non-hydrogen) atoms. The van der Waals surface area contributed by atoms with E-state index in [-0.39, 0.29) is 11.5 Å². The van der Waals surface area contributed by atoms with E-state index in [1.807, 2.05) is 37.3 Å². The highest BCUT2D eigenvalue weighted by atomic mass is 16.2. The number of carbonyl (C=O) groups is 1. The van der Waals surface area contributed by atoms with E-state index in [0.29, 0.717) is 30.1 Å². The van der Waals surface area contributed by atoms with Gasteiger partial charge in [-0.2, -0.15) is 0 Å². The van der Waals surface area contributed by atoms with Crippen LogP contribution in [0.15, 0.2) is 35.1 Å². The lowest BCUT2D eigenvalue weighted by molar-refractivity contribution is 0.0941. The highest BCUT2D eigenvalue weighted by Crippen LogP contribution is 2.25. The lowest BCUT2D eigenvalue weighted by Gasteiger charge is -2.24. The first-order valence-corrected chi connectivity index (χ1v) is 9.11. The van der Waals surface area contributed by atoms with Crippen LogP contribution < -0.4 is 10.9 Å². The topological polar surface area (TPSA) is 51.1 Å². The Balaban J connectivity index is 2.03. The summed E-state index contributed by atoms with van der Waals surface area (Å²) in [4.78, 5) is 25.6. The summed E-state index contributed by atoms with van der Waals surface area (Å²) in [5.41, 5.74) is 0.457. The minimum atomic E-state index is -0.143. The molecule has 0 spiro atoms. The van der Waals surface area contributed by atoms with Crippen LogP contribution >= 0.6 is 0 Å². The van der Waals surface area contributed by atoms with Gasteiger partial charge in [0.05, 0.1) is 0 Å². The standard InChI is InChI=1S/C20H26N2O2/c1-2-12-21-19(23)18-13-16-10-6-7-11-17(16)20(24)22(18)14-15-8-4-3-5-9-15/h6-7,10-11,13,15H,2-5,8-9,12,14H2,1H3,(H,21,23). The van der Waals surface area contributed by atoms with Crippen LogP contribution in [-0.4, -0.2) is 17.0 Å². The van der Waals surface area contributed by atoms with Gasteiger partial charge in [-0.25, -0.2) is 0 Å². The molecule has 4 heteroatoms. The van der Waals surface area contributed by atoms with Gasteiger partial charge >= 0.3 is 0 Å². The number of benzene rings is 1. The average Bonchev–Trinajstić information content (AvgIpc) is 2.63. The molecule has 0 bridgehead atoms. The van der Waals surface area contributed by atoms with Gasteiger partial charge in [0.25, 0.3) is 11.5 Å². The lowest BCUT2D eigenvalue weighted by atomic mass is 9.89. The average molecular weight is 326 g/mol. The van der Waals surface area contributed by atoms with Crippen LogP contribution in [0.1, 0.15) is 55.9 Å². The second-order valence-electron chi connectivity index (χ2n) is 6.79. The van der Waals surface area contributed by atoms with E-state index in [0.717, 1.165) is 24.6 Å². The molecule has 1 heterocycles. The zero-order valence-electron chi connectivity index (χ0n) is 14.4. The second-order valence-corrected chi connectivity index (χ2v) is 6.79. The number of carbonyl (C=O) groups excluding carboxylic acids is 1. The molecule has 0 saturated heterocycles. The largest absolute Gasteiger partial charge is 0.351 e. The van der Waals surface area contributed by atoms with Gasteiger partial charge in [-0.15, -0.1) is 0 Å². The first kappa shape index (κ1) is 16.7. The monoisotopic (exact) mass is 326 g/mol. The summed E-state index contributed by atoms with van der Waals surface area (Å²) in [7, 11) is 0. The quantitative estimate of drug-likeness (QED) is 0.910. The Bertz CT molecular complexity index is 773. The van der Waals surface area contributed by atoms with Crippen LogP contribution in [0.3, 0.4) is 0 Å². The van der Waals surface area contributed by atoms with Gasteiger partial charge in [0.2, 0.25) is 0 Å². The number of nitrogens with zero attached hydrogens (tertiary/aromatic N) is 1. The van der Waals surface area contributed by atoms with E-state index < -0.39 is 0 Å². The van der Waals surface area contributed by atoms with Crippen molar-refractivity contribution in [3.8, 4) is 0 Å². The number of rotatable bonds is 5. The number of aromatic nitrogens is 1. The fourth-order valence-corrected chi connectivity index (χ4v) is 3.62. The van der Waals surface area contributed by atoms with E-state index in [1.165, 1.54) is 19.3 Å². The fraction of sp³-hybridized carbons (Fsp3) is 0.500. The molecule has 128 valence electrons. The van der Waals surface area contributed by atoms with Crippen molar-refractivity contribution >= 4 is 16.7 Å². The Morgan fingerprint density at radius 2 is 1.96 bits per heavy atom. The van der Waals surface area contributed by atoms with Crippen LogP contribution in [0.4, 0.5) is 0 Å². The Morgan fingerprint density at radius 1 is 1.21 bits per heavy atom. The van der Waals surface area contributed by atoms with Crippen molar-refractivity contribution in [1.29, 1.82) is 0 Å². The number of amides is 1. The Labute approximate surface area is 142 Å². The Kier molecular flexibility index (Phi) is 5.34. The first-order chi connectivity index (χ1) is 11.7. The van der Waals surface area contributed by atoms with Gasteiger partial charge in [-0.05, 0) is 42.7 Å². The molecule has 1 fully saturated rings. The maximum atomic E-state index is 13.0. The van der Waals surface area contributed by atoms with Gasteiger partial charge in [-0.3, -0.25) is 9.59 Å². The normalized spacial score (nSPS) is 15.5. The number of pyridine rings is 1. The van der Waals surface area contributed by atoms with E-state index in [4.69, 9.17) is 0 Å². The second kappa shape index (κ2) is 7.65. The van der Waals surface area contributed by atoms with Gasteiger partial charge in [-0.1, -0.05) is 44.4 Å². The summed E-state index contributed by atoms with van der Waals surface area (Å²) in [5.74, 6) is 0.353. The predicted octanol–water partition coefficient (Wildman–Crippen LogP) is 3.72. The minimum absolute atomic E-state index is 0.0414. The summed E-state index contributed by atoms with van der Waals surface area (Å²) in [6.45, 7) is 3.30. The third-order valence-corrected chi connectivity index (χ3v) is 4.95. The molecule has 1 aromatic carbocycles. The number of hydrogen-bond donors (Lipinski definition) is 1. The van der Waals surface area contributed by atoms with Crippen molar-refractivity contribution in [2.24, 2.45) is 5.92 Å². The third kappa shape index (κ3) is 3.53. The molecule has 0 aliphatic heterocycles. The number of hydrogen-bond acceptors (Lipinski definition) is 2. The molecule has 2 aromatic rings. The molecule has 3 rings (SSSR count). The van der Waals surface area contributed by atoms with Crippen molar-refractivity contribution in [2.75, 3.05) is 6.54 Å². The molecule has 4 nitrogen and oxygen atoms in total. The Hall–Kier alpha value is -2.10. The summed E-state index contributed by atoms with van der Waals surface area (Å²) in [6.07, 6.45) is 6.92. The van der Waals surface area contributed by atoms with Crippen molar-refractivity contribution < 1.29 is 4.79 Å². The zero-order valence-corrected chi connectivity index (χ0v) is 14.4. The van der Waals surface area contributed by atoms with Crippen molar-refractivity contribution in [2.45, 2.75) is 52.0 Å².